The molecule has 0 fully saturated rings. The zero-order valence-corrected chi connectivity index (χ0v) is 10.4. The summed E-state index contributed by atoms with van der Waals surface area (Å²) in [6, 6.07) is 7.88. The molecule has 2 aromatic rings. The molecule has 96 valence electrons. The van der Waals surface area contributed by atoms with Gasteiger partial charge in [0.05, 0.1) is 0 Å². The number of hydrogen-bond acceptors (Lipinski definition) is 5. The van der Waals surface area contributed by atoms with Crippen LogP contribution in [0.4, 0.5) is 0 Å². The van der Waals surface area contributed by atoms with Crippen LogP contribution in [0, 0.1) is 6.92 Å². The Labute approximate surface area is 106 Å². The normalized spacial score (nSPS) is 10.6. The smallest absolute Gasteiger partial charge is 0.189 e. The Morgan fingerprint density at radius 1 is 1.28 bits per heavy atom. The predicted octanol–water partition coefficient (Wildman–Crippen LogP) is 0.909. The van der Waals surface area contributed by atoms with Gasteiger partial charge in [0.1, 0.15) is 12.4 Å². The van der Waals surface area contributed by atoms with Crippen LogP contribution in [0.2, 0.25) is 0 Å². The lowest BCUT2D eigenvalue weighted by Gasteiger charge is -2.06. The van der Waals surface area contributed by atoms with Crippen LogP contribution in [0.5, 0.6) is 5.75 Å². The first-order valence-electron chi connectivity index (χ1n) is 5.94. The van der Waals surface area contributed by atoms with Crippen molar-refractivity contribution in [1.29, 1.82) is 0 Å². The largest absolute Gasteiger partial charge is 0.486 e. The Morgan fingerprint density at radius 2 is 2.06 bits per heavy atom. The van der Waals surface area contributed by atoms with E-state index in [0.29, 0.717) is 19.0 Å². The van der Waals surface area contributed by atoms with Gasteiger partial charge in [0, 0.05) is 6.54 Å². The summed E-state index contributed by atoms with van der Waals surface area (Å²) in [6.45, 7) is 3.74. The molecule has 1 aromatic carbocycles. The van der Waals surface area contributed by atoms with E-state index in [2.05, 4.69) is 15.5 Å². The summed E-state index contributed by atoms with van der Waals surface area (Å²) in [5, 5.41) is 11.5. The van der Waals surface area contributed by atoms with E-state index in [-0.39, 0.29) is 0 Å². The van der Waals surface area contributed by atoms with Gasteiger partial charge in [-0.15, -0.1) is 5.10 Å². The van der Waals surface area contributed by atoms with Gasteiger partial charge in [-0.3, -0.25) is 0 Å². The Balaban J connectivity index is 1.93. The summed E-state index contributed by atoms with van der Waals surface area (Å²) in [7, 11) is 0. The third-order valence-corrected chi connectivity index (χ3v) is 2.57. The first kappa shape index (κ1) is 12.5. The number of nitrogens with two attached hydrogens (primary N) is 1. The molecule has 6 nitrogen and oxygen atoms in total. The highest BCUT2D eigenvalue weighted by Crippen LogP contribution is 2.12. The monoisotopic (exact) mass is 247 g/mol. The first-order valence-corrected chi connectivity index (χ1v) is 5.94. The Morgan fingerprint density at radius 3 is 2.78 bits per heavy atom. The molecule has 0 spiro atoms. The van der Waals surface area contributed by atoms with E-state index in [1.807, 2.05) is 31.2 Å². The zero-order chi connectivity index (χ0) is 12.8. The molecule has 0 atom stereocenters. The maximum Gasteiger partial charge on any atom is 0.189 e. The minimum absolute atomic E-state index is 0.362. The van der Waals surface area contributed by atoms with E-state index in [4.69, 9.17) is 10.5 Å². The van der Waals surface area contributed by atoms with Gasteiger partial charge in [-0.25, -0.2) is 4.68 Å². The molecule has 2 rings (SSSR count). The highest BCUT2D eigenvalue weighted by molar-refractivity contribution is 5.26. The van der Waals surface area contributed by atoms with Crippen LogP contribution in [0.15, 0.2) is 24.3 Å². The number of aromatic nitrogens is 4. The van der Waals surface area contributed by atoms with Crippen molar-refractivity contribution in [3.8, 4) is 5.75 Å². The van der Waals surface area contributed by atoms with Gasteiger partial charge in [-0.2, -0.15) is 0 Å². The van der Waals surface area contributed by atoms with Gasteiger partial charge in [0.25, 0.3) is 0 Å². The van der Waals surface area contributed by atoms with Crippen molar-refractivity contribution >= 4 is 0 Å². The van der Waals surface area contributed by atoms with Gasteiger partial charge in [-0.1, -0.05) is 17.7 Å². The predicted molar refractivity (Wildman–Crippen MR) is 67.0 cm³/mol. The topological polar surface area (TPSA) is 78.9 Å². The molecular formula is C12H17N5O. The summed E-state index contributed by atoms with van der Waals surface area (Å²) < 4.78 is 7.35. The molecule has 0 bridgehead atoms. The standard InChI is InChI=1S/C12H17N5O/c1-10-3-5-11(6-4-10)18-9-12-14-15-16-17(12)8-2-7-13/h3-6H,2,7-9,13H2,1H3. The number of hydrogen-bond donors (Lipinski definition) is 1. The van der Waals surface area contributed by atoms with Gasteiger partial charge < -0.3 is 10.5 Å². The highest BCUT2D eigenvalue weighted by Gasteiger charge is 2.06. The Hall–Kier alpha value is -1.95. The molecule has 1 heterocycles. The molecule has 0 aliphatic heterocycles. The SMILES string of the molecule is Cc1ccc(OCc2nnnn2CCCN)cc1. The average molecular weight is 247 g/mol. The van der Waals surface area contributed by atoms with Crippen molar-refractivity contribution in [1.82, 2.24) is 20.2 Å². The lowest BCUT2D eigenvalue weighted by molar-refractivity contribution is 0.286. The van der Waals surface area contributed by atoms with Crippen LogP contribution >= 0.6 is 0 Å². The summed E-state index contributed by atoms with van der Waals surface area (Å²) in [4.78, 5) is 0. The summed E-state index contributed by atoms with van der Waals surface area (Å²) in [5.74, 6) is 1.53. The van der Waals surface area contributed by atoms with Gasteiger partial charge in [0.2, 0.25) is 0 Å². The van der Waals surface area contributed by atoms with Crippen molar-refractivity contribution in [3.63, 3.8) is 0 Å². The second kappa shape index (κ2) is 6.11. The summed E-state index contributed by atoms with van der Waals surface area (Å²) in [5.41, 5.74) is 6.66. The second-order valence-corrected chi connectivity index (χ2v) is 4.06. The maximum atomic E-state index is 5.63. The molecular weight excluding hydrogens is 230 g/mol. The van der Waals surface area contributed by atoms with Gasteiger partial charge >= 0.3 is 0 Å². The van der Waals surface area contributed by atoms with E-state index < -0.39 is 0 Å². The number of benzene rings is 1. The lowest BCUT2D eigenvalue weighted by atomic mass is 10.2. The molecule has 0 aliphatic carbocycles. The van der Waals surface area contributed by atoms with E-state index in [1.165, 1.54) is 5.56 Å². The van der Waals surface area contributed by atoms with Crippen molar-refractivity contribution in [2.24, 2.45) is 5.73 Å². The second-order valence-electron chi connectivity index (χ2n) is 4.06. The lowest BCUT2D eigenvalue weighted by Crippen LogP contribution is -2.12. The van der Waals surface area contributed by atoms with E-state index >= 15 is 0 Å². The van der Waals surface area contributed by atoms with Crippen LogP contribution in [0.1, 0.15) is 17.8 Å². The van der Waals surface area contributed by atoms with Crippen molar-refractivity contribution in [3.05, 3.63) is 35.7 Å². The van der Waals surface area contributed by atoms with Gasteiger partial charge in [-0.05, 0) is 42.4 Å². The molecule has 0 radical (unpaired) electrons. The molecule has 0 saturated heterocycles. The Bertz CT molecular complexity index is 479. The fraction of sp³-hybridized carbons (Fsp3) is 0.417. The quantitative estimate of drug-likeness (QED) is 0.820. The van der Waals surface area contributed by atoms with Crippen LogP contribution < -0.4 is 10.5 Å². The van der Waals surface area contributed by atoms with Crippen LogP contribution in [0.25, 0.3) is 0 Å². The molecule has 0 unspecified atom stereocenters. The number of tetrazole rings is 1. The Kier molecular flexibility index (Phi) is 4.25. The fourth-order valence-electron chi connectivity index (χ4n) is 1.52. The van der Waals surface area contributed by atoms with Crippen LogP contribution in [-0.4, -0.2) is 26.8 Å². The number of ether oxygens (including phenoxy) is 1. The van der Waals surface area contributed by atoms with E-state index in [9.17, 15) is 0 Å². The average Bonchev–Trinajstić information content (AvgIpc) is 2.83. The van der Waals surface area contributed by atoms with Gasteiger partial charge in [0.15, 0.2) is 5.82 Å². The number of nitrogens with zero attached hydrogens (tertiary/aromatic N) is 4. The van der Waals surface area contributed by atoms with Crippen LogP contribution in [0.3, 0.4) is 0 Å². The zero-order valence-electron chi connectivity index (χ0n) is 10.4. The minimum Gasteiger partial charge on any atom is -0.486 e. The maximum absolute atomic E-state index is 5.63. The summed E-state index contributed by atoms with van der Waals surface area (Å²) in [6.07, 6.45) is 0.850. The molecule has 6 heteroatoms. The number of rotatable bonds is 6. The van der Waals surface area contributed by atoms with Crippen molar-refractivity contribution in [2.45, 2.75) is 26.5 Å². The van der Waals surface area contributed by atoms with Crippen molar-refractivity contribution in [2.75, 3.05) is 6.54 Å². The summed E-state index contributed by atoms with van der Waals surface area (Å²) >= 11 is 0. The molecule has 18 heavy (non-hydrogen) atoms. The molecule has 0 aliphatic rings. The highest BCUT2D eigenvalue weighted by atomic mass is 16.5. The minimum atomic E-state index is 0.362. The van der Waals surface area contributed by atoms with E-state index in [0.717, 1.165) is 18.7 Å². The van der Waals surface area contributed by atoms with Crippen molar-refractivity contribution < 1.29 is 4.74 Å². The molecule has 0 saturated carbocycles. The van der Waals surface area contributed by atoms with E-state index in [1.54, 1.807) is 4.68 Å². The molecule has 0 amide bonds. The third kappa shape index (κ3) is 3.27. The van der Waals surface area contributed by atoms with Crippen LogP contribution in [-0.2, 0) is 13.2 Å². The third-order valence-electron chi connectivity index (χ3n) is 2.57. The molecule has 2 N–H and O–H groups in total. The fourth-order valence-corrected chi connectivity index (χ4v) is 1.52. The number of aryl methyl sites for hydroxylation is 2. The molecule has 1 aromatic heterocycles. The first-order chi connectivity index (χ1) is 8.79.